The SMILES string of the molecule is Cc1ccc(C)c(CN2CCN3C(=O)[C@H]([C@@H](C)O)NC(=O)[C@H]3C2)c1. The molecule has 6 nitrogen and oxygen atoms in total. The van der Waals surface area contributed by atoms with Crippen molar-refractivity contribution >= 4 is 11.8 Å². The van der Waals surface area contributed by atoms with Gasteiger partial charge in [-0.3, -0.25) is 14.5 Å². The maximum atomic E-state index is 12.4. The summed E-state index contributed by atoms with van der Waals surface area (Å²) in [6, 6.07) is 5.10. The molecule has 2 N–H and O–H groups in total. The van der Waals surface area contributed by atoms with Gasteiger partial charge in [-0.2, -0.15) is 0 Å². The number of hydrogen-bond acceptors (Lipinski definition) is 4. The fraction of sp³-hybridized carbons (Fsp3) is 0.556. The van der Waals surface area contributed by atoms with Crippen LogP contribution >= 0.6 is 0 Å². The number of carbonyl (C=O) groups is 2. The first-order valence-corrected chi connectivity index (χ1v) is 8.44. The molecule has 0 bridgehead atoms. The molecule has 6 heteroatoms. The van der Waals surface area contributed by atoms with Crippen LogP contribution < -0.4 is 5.32 Å². The summed E-state index contributed by atoms with van der Waals surface area (Å²) >= 11 is 0. The van der Waals surface area contributed by atoms with Crippen LogP contribution in [0.15, 0.2) is 18.2 Å². The van der Waals surface area contributed by atoms with E-state index in [0.29, 0.717) is 13.1 Å². The Morgan fingerprint density at radius 2 is 2.04 bits per heavy atom. The van der Waals surface area contributed by atoms with Gasteiger partial charge in [-0.15, -0.1) is 0 Å². The van der Waals surface area contributed by atoms with E-state index in [9.17, 15) is 14.7 Å². The highest BCUT2D eigenvalue weighted by Crippen LogP contribution is 2.20. The van der Waals surface area contributed by atoms with Gasteiger partial charge in [0.1, 0.15) is 12.1 Å². The average molecular weight is 331 g/mol. The molecule has 0 aromatic heterocycles. The van der Waals surface area contributed by atoms with Crippen molar-refractivity contribution in [3.63, 3.8) is 0 Å². The zero-order valence-electron chi connectivity index (χ0n) is 14.5. The third kappa shape index (κ3) is 3.16. The second-order valence-electron chi connectivity index (χ2n) is 6.94. The van der Waals surface area contributed by atoms with Gasteiger partial charge >= 0.3 is 0 Å². The number of nitrogens with zero attached hydrogens (tertiary/aromatic N) is 2. The van der Waals surface area contributed by atoms with Crippen molar-refractivity contribution in [2.24, 2.45) is 0 Å². The molecule has 2 saturated heterocycles. The summed E-state index contributed by atoms with van der Waals surface area (Å²) < 4.78 is 0. The molecular weight excluding hydrogens is 306 g/mol. The van der Waals surface area contributed by atoms with Crippen molar-refractivity contribution in [2.45, 2.75) is 45.5 Å². The Kier molecular flexibility index (Phi) is 4.60. The number of piperazine rings is 2. The van der Waals surface area contributed by atoms with Crippen LogP contribution in [-0.2, 0) is 16.1 Å². The summed E-state index contributed by atoms with van der Waals surface area (Å²) in [5.74, 6) is -0.354. The number of aryl methyl sites for hydroxylation is 2. The number of aliphatic hydroxyl groups excluding tert-OH is 1. The second-order valence-corrected chi connectivity index (χ2v) is 6.94. The van der Waals surface area contributed by atoms with E-state index in [4.69, 9.17) is 0 Å². The quantitative estimate of drug-likeness (QED) is 0.830. The van der Waals surface area contributed by atoms with Gasteiger partial charge in [0.2, 0.25) is 11.8 Å². The molecule has 1 aromatic rings. The van der Waals surface area contributed by atoms with Crippen molar-refractivity contribution in [1.29, 1.82) is 0 Å². The molecule has 2 amide bonds. The van der Waals surface area contributed by atoms with Gasteiger partial charge < -0.3 is 15.3 Å². The van der Waals surface area contributed by atoms with Crippen molar-refractivity contribution in [3.05, 3.63) is 34.9 Å². The lowest BCUT2D eigenvalue weighted by Crippen LogP contribution is -2.70. The van der Waals surface area contributed by atoms with Crippen molar-refractivity contribution in [3.8, 4) is 0 Å². The molecule has 0 radical (unpaired) electrons. The summed E-state index contributed by atoms with van der Waals surface area (Å²) in [5, 5.41) is 12.3. The number of amides is 2. The lowest BCUT2D eigenvalue weighted by Gasteiger charge is -2.45. The highest BCUT2D eigenvalue weighted by Gasteiger charge is 2.44. The first kappa shape index (κ1) is 16.9. The Bertz CT molecular complexity index is 659. The maximum Gasteiger partial charge on any atom is 0.248 e. The Morgan fingerprint density at radius 3 is 2.75 bits per heavy atom. The Hall–Kier alpha value is -1.92. The molecule has 1 aromatic carbocycles. The van der Waals surface area contributed by atoms with Crippen LogP contribution in [-0.4, -0.2) is 64.5 Å². The van der Waals surface area contributed by atoms with Crippen molar-refractivity contribution in [2.75, 3.05) is 19.6 Å². The van der Waals surface area contributed by atoms with Gasteiger partial charge in [0.25, 0.3) is 0 Å². The second kappa shape index (κ2) is 6.53. The zero-order chi connectivity index (χ0) is 17.4. The van der Waals surface area contributed by atoms with E-state index < -0.39 is 18.2 Å². The normalized spacial score (nSPS) is 26.1. The van der Waals surface area contributed by atoms with Gasteiger partial charge in [-0.25, -0.2) is 0 Å². The zero-order valence-corrected chi connectivity index (χ0v) is 14.5. The van der Waals surface area contributed by atoms with E-state index in [1.54, 1.807) is 4.90 Å². The molecule has 130 valence electrons. The molecule has 24 heavy (non-hydrogen) atoms. The highest BCUT2D eigenvalue weighted by atomic mass is 16.3. The number of nitrogens with one attached hydrogen (secondary N) is 1. The molecular formula is C18H25N3O3. The van der Waals surface area contributed by atoms with Gasteiger partial charge in [0.05, 0.1) is 6.10 Å². The fourth-order valence-electron chi connectivity index (χ4n) is 3.50. The smallest absolute Gasteiger partial charge is 0.248 e. The van der Waals surface area contributed by atoms with Crippen LogP contribution in [0.3, 0.4) is 0 Å². The minimum absolute atomic E-state index is 0.175. The number of rotatable bonds is 3. The topological polar surface area (TPSA) is 72.9 Å². The monoisotopic (exact) mass is 331 g/mol. The van der Waals surface area contributed by atoms with E-state index in [2.05, 4.69) is 42.3 Å². The summed E-state index contributed by atoms with van der Waals surface area (Å²) in [5.41, 5.74) is 3.72. The van der Waals surface area contributed by atoms with Gasteiger partial charge in [0.15, 0.2) is 0 Å². The molecule has 0 unspecified atom stereocenters. The van der Waals surface area contributed by atoms with E-state index in [1.807, 2.05) is 0 Å². The largest absolute Gasteiger partial charge is 0.391 e. The summed E-state index contributed by atoms with van der Waals surface area (Å²) in [6.45, 7) is 8.25. The summed E-state index contributed by atoms with van der Waals surface area (Å²) in [4.78, 5) is 28.6. The minimum Gasteiger partial charge on any atom is -0.391 e. The minimum atomic E-state index is -0.879. The molecule has 0 saturated carbocycles. The molecule has 0 aliphatic carbocycles. The van der Waals surface area contributed by atoms with Crippen molar-refractivity contribution < 1.29 is 14.7 Å². The first-order valence-electron chi connectivity index (χ1n) is 8.44. The predicted molar refractivity (Wildman–Crippen MR) is 90.3 cm³/mol. The number of fused-ring (bicyclic) bond motifs is 1. The number of hydrogen-bond donors (Lipinski definition) is 2. The third-order valence-electron chi connectivity index (χ3n) is 5.00. The van der Waals surface area contributed by atoms with E-state index in [1.165, 1.54) is 23.6 Å². The average Bonchev–Trinajstić information content (AvgIpc) is 2.54. The van der Waals surface area contributed by atoms with Crippen LogP contribution in [0.4, 0.5) is 0 Å². The Morgan fingerprint density at radius 1 is 1.29 bits per heavy atom. The van der Waals surface area contributed by atoms with Crippen LogP contribution in [0.25, 0.3) is 0 Å². The van der Waals surface area contributed by atoms with Gasteiger partial charge in [-0.05, 0) is 31.9 Å². The van der Waals surface area contributed by atoms with Crippen LogP contribution in [0.1, 0.15) is 23.6 Å². The molecule has 3 rings (SSSR count). The highest BCUT2D eigenvalue weighted by molar-refractivity contribution is 5.97. The lowest BCUT2D eigenvalue weighted by atomic mass is 10.00. The van der Waals surface area contributed by atoms with Gasteiger partial charge in [0, 0.05) is 26.2 Å². The number of carbonyl (C=O) groups excluding carboxylic acids is 2. The van der Waals surface area contributed by atoms with E-state index in [0.717, 1.165) is 13.1 Å². The molecule has 2 aliphatic rings. The van der Waals surface area contributed by atoms with Crippen LogP contribution in [0.5, 0.6) is 0 Å². The summed E-state index contributed by atoms with van der Waals surface area (Å²) in [6.07, 6.45) is -0.879. The fourth-order valence-corrected chi connectivity index (χ4v) is 3.50. The van der Waals surface area contributed by atoms with Gasteiger partial charge in [-0.1, -0.05) is 23.8 Å². The molecule has 0 spiro atoms. The number of benzene rings is 1. The Labute approximate surface area is 142 Å². The molecule has 3 atom stereocenters. The van der Waals surface area contributed by atoms with Crippen LogP contribution in [0.2, 0.25) is 0 Å². The van der Waals surface area contributed by atoms with E-state index in [-0.39, 0.29) is 11.8 Å². The maximum absolute atomic E-state index is 12.4. The van der Waals surface area contributed by atoms with Crippen molar-refractivity contribution in [1.82, 2.24) is 15.1 Å². The third-order valence-corrected chi connectivity index (χ3v) is 5.00. The van der Waals surface area contributed by atoms with E-state index >= 15 is 0 Å². The standard InChI is InChI=1S/C18H25N3O3/c1-11-4-5-12(2)14(8-11)9-20-6-7-21-15(10-20)17(23)19-16(13(3)22)18(21)24/h4-5,8,13,15-16,22H,6-7,9-10H2,1-3H3,(H,19,23)/t13-,15-,16+/m1/s1. The molecule has 2 fully saturated rings. The molecule has 2 aliphatic heterocycles. The Balaban J connectivity index is 1.72. The van der Waals surface area contributed by atoms with Crippen LogP contribution in [0, 0.1) is 13.8 Å². The summed E-state index contributed by atoms with van der Waals surface area (Å²) in [7, 11) is 0. The lowest BCUT2D eigenvalue weighted by molar-refractivity contribution is -0.156. The first-order chi connectivity index (χ1) is 11.4. The molecule has 2 heterocycles. The predicted octanol–water partition coefficient (Wildman–Crippen LogP) is 0.195. The number of aliphatic hydroxyl groups is 1.